The number of hydrogen-bond donors (Lipinski definition) is 3. The van der Waals surface area contributed by atoms with Gasteiger partial charge in [0.15, 0.2) is 5.78 Å². The molecule has 0 radical (unpaired) electrons. The Kier molecular flexibility index (Phi) is 5.52. The first-order valence-corrected chi connectivity index (χ1v) is 5.88. The standard InChI is InChI=1S/C13H16N2O5/c1-8(16)7-20-10-4-2-9(3-5-10)6-11(12(14)17)15-13(18)19/h2-5,11,15H,6-7H2,1H3,(H2,14,17)(H,18,19)/t11-/m0/s1. The molecule has 0 spiro atoms. The van der Waals surface area contributed by atoms with Crippen LogP contribution < -0.4 is 15.8 Å². The molecule has 2 amide bonds. The molecule has 0 saturated heterocycles. The van der Waals surface area contributed by atoms with Crippen molar-refractivity contribution in [2.75, 3.05) is 6.61 Å². The molecule has 20 heavy (non-hydrogen) atoms. The first-order chi connectivity index (χ1) is 9.38. The molecule has 0 aromatic heterocycles. The van der Waals surface area contributed by atoms with E-state index < -0.39 is 18.0 Å². The highest BCUT2D eigenvalue weighted by Crippen LogP contribution is 2.13. The molecule has 108 valence electrons. The number of carbonyl (C=O) groups is 3. The second-order valence-corrected chi connectivity index (χ2v) is 4.24. The summed E-state index contributed by atoms with van der Waals surface area (Å²) >= 11 is 0. The number of benzene rings is 1. The summed E-state index contributed by atoms with van der Waals surface area (Å²) in [5, 5.41) is 10.7. The third-order valence-electron chi connectivity index (χ3n) is 2.45. The zero-order valence-corrected chi connectivity index (χ0v) is 11.0. The van der Waals surface area contributed by atoms with E-state index in [0.717, 1.165) is 5.56 Å². The number of amides is 2. The first-order valence-electron chi connectivity index (χ1n) is 5.88. The third kappa shape index (κ3) is 5.38. The number of carboxylic acid groups (broad SMARTS) is 1. The van der Waals surface area contributed by atoms with Crippen molar-refractivity contribution in [1.82, 2.24) is 5.32 Å². The molecule has 1 rings (SSSR count). The minimum Gasteiger partial charge on any atom is -0.486 e. The minimum absolute atomic E-state index is 0.0101. The molecule has 1 atom stereocenters. The summed E-state index contributed by atoms with van der Waals surface area (Å²) in [6, 6.07) is 5.63. The predicted molar refractivity (Wildman–Crippen MR) is 70.5 cm³/mol. The van der Waals surface area contributed by atoms with Crippen LogP contribution in [0.15, 0.2) is 24.3 Å². The maximum atomic E-state index is 11.1. The fourth-order valence-corrected chi connectivity index (χ4v) is 1.51. The number of carbonyl (C=O) groups excluding carboxylic acids is 2. The molecule has 1 aromatic carbocycles. The van der Waals surface area contributed by atoms with Crippen molar-refractivity contribution in [3.05, 3.63) is 29.8 Å². The smallest absolute Gasteiger partial charge is 0.405 e. The van der Waals surface area contributed by atoms with Crippen LogP contribution in [0.4, 0.5) is 4.79 Å². The Balaban J connectivity index is 2.65. The van der Waals surface area contributed by atoms with Crippen LogP contribution >= 0.6 is 0 Å². The molecule has 0 aliphatic rings. The van der Waals surface area contributed by atoms with Crippen molar-refractivity contribution >= 4 is 17.8 Å². The van der Waals surface area contributed by atoms with Crippen LogP contribution in [-0.4, -0.2) is 35.5 Å². The Morgan fingerprint density at radius 1 is 1.30 bits per heavy atom. The zero-order chi connectivity index (χ0) is 15.1. The lowest BCUT2D eigenvalue weighted by atomic mass is 10.1. The van der Waals surface area contributed by atoms with Crippen molar-refractivity contribution in [2.24, 2.45) is 5.73 Å². The number of ether oxygens (including phenoxy) is 1. The number of hydrogen-bond acceptors (Lipinski definition) is 4. The predicted octanol–water partition coefficient (Wildman–Crippen LogP) is 0.318. The van der Waals surface area contributed by atoms with Crippen LogP contribution in [0.25, 0.3) is 0 Å². The van der Waals surface area contributed by atoms with E-state index in [2.05, 4.69) is 0 Å². The van der Waals surface area contributed by atoms with Gasteiger partial charge in [0.1, 0.15) is 18.4 Å². The van der Waals surface area contributed by atoms with E-state index in [4.69, 9.17) is 15.6 Å². The zero-order valence-electron chi connectivity index (χ0n) is 11.0. The van der Waals surface area contributed by atoms with E-state index in [-0.39, 0.29) is 18.8 Å². The minimum atomic E-state index is -1.31. The Bertz CT molecular complexity index is 498. The van der Waals surface area contributed by atoms with Gasteiger partial charge in [0.25, 0.3) is 0 Å². The van der Waals surface area contributed by atoms with E-state index in [9.17, 15) is 14.4 Å². The maximum Gasteiger partial charge on any atom is 0.405 e. The van der Waals surface area contributed by atoms with E-state index in [1.165, 1.54) is 6.92 Å². The Morgan fingerprint density at radius 2 is 1.90 bits per heavy atom. The van der Waals surface area contributed by atoms with Crippen LogP contribution in [0.1, 0.15) is 12.5 Å². The molecule has 0 heterocycles. The lowest BCUT2D eigenvalue weighted by molar-refractivity contribution is -0.120. The normalized spacial score (nSPS) is 11.4. The molecule has 0 aliphatic carbocycles. The lowest BCUT2D eigenvalue weighted by Crippen LogP contribution is -2.45. The van der Waals surface area contributed by atoms with E-state index in [0.29, 0.717) is 5.75 Å². The summed E-state index contributed by atoms with van der Waals surface area (Å²) in [6.45, 7) is 1.41. The quantitative estimate of drug-likeness (QED) is 0.664. The summed E-state index contributed by atoms with van der Waals surface area (Å²) < 4.78 is 5.19. The van der Waals surface area contributed by atoms with Gasteiger partial charge in [-0.1, -0.05) is 12.1 Å². The van der Waals surface area contributed by atoms with Crippen molar-refractivity contribution < 1.29 is 24.2 Å². The SMILES string of the molecule is CC(=O)COc1ccc(C[C@H](NC(=O)O)C(N)=O)cc1. The van der Waals surface area contributed by atoms with Gasteiger partial charge in [0, 0.05) is 6.42 Å². The molecular formula is C13H16N2O5. The fraction of sp³-hybridized carbons (Fsp3) is 0.308. The Labute approximate surface area is 115 Å². The van der Waals surface area contributed by atoms with Gasteiger partial charge in [-0.3, -0.25) is 9.59 Å². The van der Waals surface area contributed by atoms with Crippen LogP contribution in [0.2, 0.25) is 0 Å². The number of Topliss-reactive ketones (excluding diaryl/α,β-unsaturated/α-hetero) is 1. The van der Waals surface area contributed by atoms with Crippen molar-refractivity contribution in [1.29, 1.82) is 0 Å². The van der Waals surface area contributed by atoms with E-state index >= 15 is 0 Å². The van der Waals surface area contributed by atoms with Gasteiger partial charge in [-0.05, 0) is 24.6 Å². The van der Waals surface area contributed by atoms with Gasteiger partial charge in [-0.25, -0.2) is 4.79 Å². The maximum absolute atomic E-state index is 11.1. The van der Waals surface area contributed by atoms with E-state index in [1.54, 1.807) is 24.3 Å². The summed E-state index contributed by atoms with van der Waals surface area (Å²) in [5.41, 5.74) is 5.84. The molecule has 0 unspecified atom stereocenters. The average molecular weight is 280 g/mol. The van der Waals surface area contributed by atoms with Gasteiger partial charge in [-0.2, -0.15) is 0 Å². The molecule has 1 aromatic rings. The summed E-state index contributed by atoms with van der Waals surface area (Å²) in [6.07, 6.45) is -1.16. The third-order valence-corrected chi connectivity index (χ3v) is 2.45. The largest absolute Gasteiger partial charge is 0.486 e. The second-order valence-electron chi connectivity index (χ2n) is 4.24. The molecular weight excluding hydrogens is 264 g/mol. The highest BCUT2D eigenvalue weighted by Gasteiger charge is 2.17. The van der Waals surface area contributed by atoms with Crippen LogP contribution in [-0.2, 0) is 16.0 Å². The van der Waals surface area contributed by atoms with Gasteiger partial charge in [-0.15, -0.1) is 0 Å². The molecule has 0 fully saturated rings. The van der Waals surface area contributed by atoms with Crippen LogP contribution in [0.3, 0.4) is 0 Å². The molecule has 0 bridgehead atoms. The van der Waals surface area contributed by atoms with Crippen molar-refractivity contribution in [2.45, 2.75) is 19.4 Å². The Hall–Kier alpha value is -2.57. The van der Waals surface area contributed by atoms with Crippen molar-refractivity contribution in [3.8, 4) is 5.75 Å². The average Bonchev–Trinajstić information content (AvgIpc) is 2.36. The summed E-state index contributed by atoms with van der Waals surface area (Å²) in [5.74, 6) is -0.316. The molecule has 0 saturated carbocycles. The number of rotatable bonds is 7. The number of nitrogens with one attached hydrogen (secondary N) is 1. The molecule has 0 aliphatic heterocycles. The van der Waals surface area contributed by atoms with Gasteiger partial charge >= 0.3 is 6.09 Å². The highest BCUT2D eigenvalue weighted by molar-refractivity contribution is 5.84. The summed E-state index contributed by atoms with van der Waals surface area (Å²) in [7, 11) is 0. The lowest BCUT2D eigenvalue weighted by Gasteiger charge is -2.13. The summed E-state index contributed by atoms with van der Waals surface area (Å²) in [4.78, 5) is 32.4. The van der Waals surface area contributed by atoms with Gasteiger partial charge < -0.3 is 20.9 Å². The number of nitrogens with two attached hydrogens (primary N) is 1. The number of ketones is 1. The highest BCUT2D eigenvalue weighted by atomic mass is 16.5. The van der Waals surface area contributed by atoms with Crippen molar-refractivity contribution in [3.63, 3.8) is 0 Å². The fourth-order valence-electron chi connectivity index (χ4n) is 1.51. The number of primary amides is 1. The van der Waals surface area contributed by atoms with Crippen LogP contribution in [0, 0.1) is 0 Å². The monoisotopic (exact) mass is 280 g/mol. The Morgan fingerprint density at radius 3 is 2.35 bits per heavy atom. The molecule has 7 nitrogen and oxygen atoms in total. The van der Waals surface area contributed by atoms with Crippen LogP contribution in [0.5, 0.6) is 5.75 Å². The molecule has 7 heteroatoms. The molecule has 4 N–H and O–H groups in total. The van der Waals surface area contributed by atoms with E-state index in [1.807, 2.05) is 5.32 Å². The second kappa shape index (κ2) is 7.13. The first kappa shape index (κ1) is 15.5. The van der Waals surface area contributed by atoms with Gasteiger partial charge in [0.05, 0.1) is 0 Å². The topological polar surface area (TPSA) is 119 Å². The van der Waals surface area contributed by atoms with Gasteiger partial charge in [0.2, 0.25) is 5.91 Å².